The first-order chi connectivity index (χ1) is 9.58. The first-order valence-corrected chi connectivity index (χ1v) is 6.54. The molecule has 0 fully saturated rings. The molecule has 1 heterocycles. The number of nitrogens with one attached hydrogen (secondary N) is 1. The standard InChI is InChI=1S/C15H17NO4/c1-3-10(2)16-14(17)9-19-12-6-4-11-5-7-15(18)20-13(11)8-12/h4-8,10H,3,9H2,1-2H3,(H,16,17)/t10-/m0/s1. The Bertz CT molecular complexity index is 662. The first kappa shape index (κ1) is 14.1. The molecule has 2 aromatic rings. The number of carbonyl (C=O) groups excluding carboxylic acids is 1. The number of benzene rings is 1. The summed E-state index contributed by atoms with van der Waals surface area (Å²) in [5.41, 5.74) is 0.0292. The van der Waals surface area contributed by atoms with Gasteiger partial charge in [0.05, 0.1) is 0 Å². The van der Waals surface area contributed by atoms with E-state index < -0.39 is 5.63 Å². The highest BCUT2D eigenvalue weighted by molar-refractivity contribution is 5.79. The fraction of sp³-hybridized carbons (Fsp3) is 0.333. The molecule has 0 saturated carbocycles. The number of rotatable bonds is 5. The molecular formula is C15H17NO4. The van der Waals surface area contributed by atoms with Crippen molar-refractivity contribution >= 4 is 16.9 Å². The van der Waals surface area contributed by atoms with Crippen molar-refractivity contribution < 1.29 is 13.9 Å². The number of hydrogen-bond acceptors (Lipinski definition) is 4. The van der Waals surface area contributed by atoms with Crippen LogP contribution in [0.25, 0.3) is 11.0 Å². The van der Waals surface area contributed by atoms with Gasteiger partial charge in [-0.05, 0) is 31.5 Å². The average molecular weight is 275 g/mol. The molecule has 1 atom stereocenters. The van der Waals surface area contributed by atoms with Crippen LogP contribution in [-0.4, -0.2) is 18.6 Å². The van der Waals surface area contributed by atoms with Crippen LogP contribution in [0.2, 0.25) is 0 Å². The molecule has 0 aliphatic carbocycles. The van der Waals surface area contributed by atoms with E-state index in [9.17, 15) is 9.59 Å². The molecule has 106 valence electrons. The van der Waals surface area contributed by atoms with Crippen molar-refractivity contribution in [1.29, 1.82) is 0 Å². The van der Waals surface area contributed by atoms with Gasteiger partial charge in [0.25, 0.3) is 5.91 Å². The molecule has 2 rings (SSSR count). The summed E-state index contributed by atoms with van der Waals surface area (Å²) in [6, 6.07) is 8.29. The zero-order chi connectivity index (χ0) is 14.5. The number of carbonyl (C=O) groups is 1. The Hall–Kier alpha value is -2.30. The average Bonchev–Trinajstić information content (AvgIpc) is 2.44. The van der Waals surface area contributed by atoms with Crippen molar-refractivity contribution in [2.45, 2.75) is 26.3 Å². The quantitative estimate of drug-likeness (QED) is 0.848. The molecule has 0 bridgehead atoms. The van der Waals surface area contributed by atoms with Crippen LogP contribution in [-0.2, 0) is 4.79 Å². The minimum absolute atomic E-state index is 0.0626. The van der Waals surface area contributed by atoms with E-state index >= 15 is 0 Å². The molecule has 5 heteroatoms. The van der Waals surface area contributed by atoms with Gasteiger partial charge in [0.2, 0.25) is 0 Å². The summed E-state index contributed by atoms with van der Waals surface area (Å²) in [7, 11) is 0. The van der Waals surface area contributed by atoms with Crippen molar-refractivity contribution in [3.8, 4) is 5.75 Å². The van der Waals surface area contributed by atoms with Crippen LogP contribution in [0.4, 0.5) is 0 Å². The molecule has 0 saturated heterocycles. The van der Waals surface area contributed by atoms with Gasteiger partial charge < -0.3 is 14.5 Å². The monoisotopic (exact) mass is 275 g/mol. The molecule has 20 heavy (non-hydrogen) atoms. The van der Waals surface area contributed by atoms with Crippen molar-refractivity contribution in [2.75, 3.05) is 6.61 Å². The Labute approximate surface area is 116 Å². The van der Waals surface area contributed by atoms with E-state index in [0.29, 0.717) is 11.3 Å². The highest BCUT2D eigenvalue weighted by Gasteiger charge is 2.07. The van der Waals surface area contributed by atoms with Crippen LogP contribution >= 0.6 is 0 Å². The molecule has 0 aliphatic heterocycles. The van der Waals surface area contributed by atoms with E-state index in [1.165, 1.54) is 6.07 Å². The molecule has 0 radical (unpaired) electrons. The van der Waals surface area contributed by atoms with Crippen LogP contribution in [0, 0.1) is 0 Å². The van der Waals surface area contributed by atoms with Gasteiger partial charge in [-0.2, -0.15) is 0 Å². The summed E-state index contributed by atoms with van der Waals surface area (Å²) in [6.45, 7) is 3.87. The van der Waals surface area contributed by atoms with Gasteiger partial charge in [-0.3, -0.25) is 4.79 Å². The van der Waals surface area contributed by atoms with E-state index in [-0.39, 0.29) is 18.6 Å². The molecule has 1 aromatic carbocycles. The third-order valence-electron chi connectivity index (χ3n) is 2.98. The van der Waals surface area contributed by atoms with E-state index in [4.69, 9.17) is 9.15 Å². The summed E-state index contributed by atoms with van der Waals surface area (Å²) in [6.07, 6.45) is 0.868. The minimum atomic E-state index is -0.413. The second-order valence-electron chi connectivity index (χ2n) is 4.62. The van der Waals surface area contributed by atoms with Crippen LogP contribution in [0.1, 0.15) is 20.3 Å². The van der Waals surface area contributed by atoms with Crippen LogP contribution in [0.5, 0.6) is 5.75 Å². The lowest BCUT2D eigenvalue weighted by atomic mass is 10.2. The van der Waals surface area contributed by atoms with Gasteiger partial charge in [0.1, 0.15) is 11.3 Å². The molecular weight excluding hydrogens is 258 g/mol. The predicted octanol–water partition coefficient (Wildman–Crippen LogP) is 2.09. The van der Waals surface area contributed by atoms with Crippen LogP contribution < -0.4 is 15.7 Å². The summed E-state index contributed by atoms with van der Waals surface area (Å²) in [5, 5.41) is 3.62. The van der Waals surface area contributed by atoms with Gasteiger partial charge in [-0.15, -0.1) is 0 Å². The topological polar surface area (TPSA) is 68.5 Å². The second-order valence-corrected chi connectivity index (χ2v) is 4.62. The smallest absolute Gasteiger partial charge is 0.336 e. The van der Waals surface area contributed by atoms with Gasteiger partial charge >= 0.3 is 5.63 Å². The minimum Gasteiger partial charge on any atom is -0.484 e. The number of hydrogen-bond donors (Lipinski definition) is 1. The SMILES string of the molecule is CC[C@H](C)NC(=O)COc1ccc2ccc(=O)oc2c1. The third-order valence-corrected chi connectivity index (χ3v) is 2.98. The zero-order valence-electron chi connectivity index (χ0n) is 11.5. The summed E-state index contributed by atoms with van der Waals surface area (Å²) in [4.78, 5) is 22.7. The lowest BCUT2D eigenvalue weighted by Gasteiger charge is -2.12. The zero-order valence-corrected chi connectivity index (χ0v) is 11.5. The Balaban J connectivity index is 2.03. The molecule has 0 spiro atoms. The summed E-state index contributed by atoms with van der Waals surface area (Å²) in [5.74, 6) is 0.320. The molecule has 1 N–H and O–H groups in total. The van der Waals surface area contributed by atoms with E-state index in [1.807, 2.05) is 13.8 Å². The molecule has 0 aliphatic rings. The maximum Gasteiger partial charge on any atom is 0.336 e. The largest absolute Gasteiger partial charge is 0.484 e. The maximum absolute atomic E-state index is 11.6. The van der Waals surface area contributed by atoms with Gasteiger partial charge in [-0.25, -0.2) is 4.79 Å². The Morgan fingerprint density at radius 2 is 2.10 bits per heavy atom. The van der Waals surface area contributed by atoms with E-state index in [0.717, 1.165) is 11.8 Å². The van der Waals surface area contributed by atoms with Gasteiger partial charge in [-0.1, -0.05) is 6.92 Å². The molecule has 1 amide bonds. The lowest BCUT2D eigenvalue weighted by molar-refractivity contribution is -0.123. The van der Waals surface area contributed by atoms with Gasteiger partial charge in [0.15, 0.2) is 6.61 Å². The second kappa shape index (κ2) is 6.23. The van der Waals surface area contributed by atoms with E-state index in [2.05, 4.69) is 5.32 Å². The van der Waals surface area contributed by atoms with Gasteiger partial charge in [0, 0.05) is 23.6 Å². The fourth-order valence-electron chi connectivity index (χ4n) is 1.70. The van der Waals surface area contributed by atoms with Crippen molar-refractivity contribution in [1.82, 2.24) is 5.32 Å². The molecule has 1 aromatic heterocycles. The van der Waals surface area contributed by atoms with Crippen LogP contribution in [0.3, 0.4) is 0 Å². The highest BCUT2D eigenvalue weighted by Crippen LogP contribution is 2.19. The van der Waals surface area contributed by atoms with Crippen LogP contribution in [0.15, 0.2) is 39.5 Å². The number of ether oxygens (including phenoxy) is 1. The van der Waals surface area contributed by atoms with Crippen molar-refractivity contribution in [3.63, 3.8) is 0 Å². The summed E-state index contributed by atoms with van der Waals surface area (Å²) < 4.78 is 10.4. The van der Waals surface area contributed by atoms with E-state index in [1.54, 1.807) is 24.3 Å². The summed E-state index contributed by atoms with van der Waals surface area (Å²) >= 11 is 0. The Morgan fingerprint density at radius 1 is 1.35 bits per heavy atom. The lowest BCUT2D eigenvalue weighted by Crippen LogP contribution is -2.35. The maximum atomic E-state index is 11.6. The molecule has 5 nitrogen and oxygen atoms in total. The fourth-order valence-corrected chi connectivity index (χ4v) is 1.70. The van der Waals surface area contributed by atoms with Crippen molar-refractivity contribution in [3.05, 3.63) is 40.8 Å². The third kappa shape index (κ3) is 3.60. The Morgan fingerprint density at radius 3 is 2.85 bits per heavy atom. The normalized spacial score (nSPS) is 12.1. The first-order valence-electron chi connectivity index (χ1n) is 6.54. The molecule has 0 unspecified atom stereocenters. The highest BCUT2D eigenvalue weighted by atomic mass is 16.5. The number of fused-ring (bicyclic) bond motifs is 1. The van der Waals surface area contributed by atoms with Crippen molar-refractivity contribution in [2.24, 2.45) is 0 Å². The Kier molecular flexibility index (Phi) is 4.40. The number of amides is 1. The predicted molar refractivity (Wildman–Crippen MR) is 75.9 cm³/mol.